The lowest BCUT2D eigenvalue weighted by atomic mass is 10.2. The molecule has 1 aliphatic heterocycles. The molecule has 1 heterocycles. The van der Waals surface area contributed by atoms with Gasteiger partial charge in [0, 0.05) is 31.9 Å². The van der Waals surface area contributed by atoms with Gasteiger partial charge in [0.05, 0.1) is 10.7 Å². The topological polar surface area (TPSA) is 56.8 Å². The average Bonchev–Trinajstić information content (AvgIpc) is 2.91. The van der Waals surface area contributed by atoms with E-state index in [4.69, 9.17) is 28.6 Å². The zero-order valence-corrected chi connectivity index (χ0v) is 21.1. The first-order valence-corrected chi connectivity index (χ1v) is 12.0. The number of rotatable bonds is 6. The van der Waals surface area contributed by atoms with E-state index in [2.05, 4.69) is 10.6 Å². The molecule has 0 unspecified atom stereocenters. The third-order valence-corrected chi connectivity index (χ3v) is 6.20. The number of nitrogens with zero attached hydrogens (tertiary/aromatic N) is 2. The minimum atomic E-state index is -2.19. The maximum atomic E-state index is 14.2. The fourth-order valence-corrected chi connectivity index (χ4v) is 4.41. The zero-order valence-electron chi connectivity index (χ0n) is 19.5. The summed E-state index contributed by atoms with van der Waals surface area (Å²) in [6, 6.07) is 13.7. The molecule has 1 fully saturated rings. The normalized spacial score (nSPS) is 13.3. The Kier molecular flexibility index (Phi) is 8.52. The van der Waals surface area contributed by atoms with Gasteiger partial charge in [-0.25, -0.2) is 22.0 Å². The Morgan fingerprint density at radius 1 is 0.868 bits per heavy atom. The number of amides is 1. The van der Waals surface area contributed by atoms with Crippen molar-refractivity contribution in [2.75, 3.05) is 47.9 Å². The van der Waals surface area contributed by atoms with Gasteiger partial charge >= 0.3 is 0 Å². The lowest BCUT2D eigenvalue weighted by Crippen LogP contribution is -2.47. The molecular weight excluding hydrogens is 551 g/mol. The number of para-hydroxylation sites is 1. The molecule has 1 amide bonds. The lowest BCUT2D eigenvalue weighted by molar-refractivity contribution is -0.121. The van der Waals surface area contributed by atoms with E-state index in [1.54, 1.807) is 42.5 Å². The summed E-state index contributed by atoms with van der Waals surface area (Å²) < 4.78 is 74.3. The van der Waals surface area contributed by atoms with Crippen LogP contribution in [0.4, 0.5) is 39.0 Å². The molecule has 0 atom stereocenters. The van der Waals surface area contributed by atoms with E-state index in [-0.39, 0.29) is 37.9 Å². The Morgan fingerprint density at radius 3 is 2.05 bits per heavy atom. The Labute approximate surface area is 224 Å². The molecule has 13 heteroatoms. The van der Waals surface area contributed by atoms with E-state index in [0.717, 1.165) is 4.90 Å². The van der Waals surface area contributed by atoms with Gasteiger partial charge in [0.2, 0.25) is 5.82 Å². The van der Waals surface area contributed by atoms with Crippen molar-refractivity contribution in [1.29, 1.82) is 0 Å². The predicted octanol–water partition coefficient (Wildman–Crippen LogP) is 5.25. The number of halogens is 6. The monoisotopic (exact) mass is 570 g/mol. The van der Waals surface area contributed by atoms with E-state index >= 15 is 0 Å². The van der Waals surface area contributed by atoms with E-state index in [1.165, 1.54) is 0 Å². The Bertz CT molecular complexity index is 1330. The SMILES string of the molecule is O=C(COc1ccccc1)NC(=S)Nc1ccc(N2CCN(c3c(F)c(F)c(F)c(F)c3F)CC2)c(Cl)c1. The second kappa shape index (κ2) is 11.8. The molecule has 0 aliphatic carbocycles. The minimum absolute atomic E-state index is 0.00411. The Morgan fingerprint density at radius 2 is 1.45 bits per heavy atom. The summed E-state index contributed by atoms with van der Waals surface area (Å²) in [5, 5.41) is 5.70. The van der Waals surface area contributed by atoms with Crippen LogP contribution in [-0.2, 0) is 4.79 Å². The van der Waals surface area contributed by atoms with Gasteiger partial charge in [0.1, 0.15) is 11.4 Å². The number of hydrogen-bond acceptors (Lipinski definition) is 5. The summed E-state index contributed by atoms with van der Waals surface area (Å²) in [6.07, 6.45) is 0. The third-order valence-electron chi connectivity index (χ3n) is 5.69. The highest BCUT2D eigenvalue weighted by Gasteiger charge is 2.31. The van der Waals surface area contributed by atoms with E-state index in [0.29, 0.717) is 22.1 Å². The molecule has 3 aromatic carbocycles. The van der Waals surface area contributed by atoms with Crippen molar-refractivity contribution in [2.45, 2.75) is 0 Å². The van der Waals surface area contributed by atoms with Gasteiger partial charge in [-0.1, -0.05) is 29.8 Å². The van der Waals surface area contributed by atoms with Gasteiger partial charge in [-0.05, 0) is 42.5 Å². The summed E-state index contributed by atoms with van der Waals surface area (Å²) in [5.74, 6) is -9.80. The van der Waals surface area contributed by atoms with E-state index in [9.17, 15) is 26.7 Å². The third kappa shape index (κ3) is 6.08. The smallest absolute Gasteiger partial charge is 0.264 e. The first kappa shape index (κ1) is 27.4. The van der Waals surface area contributed by atoms with Crippen LogP contribution < -0.4 is 25.2 Å². The summed E-state index contributed by atoms with van der Waals surface area (Å²) in [5.41, 5.74) is 0.144. The molecular formula is C25H20ClF5N4O2S. The van der Waals surface area contributed by atoms with Crippen LogP contribution in [-0.4, -0.2) is 43.8 Å². The van der Waals surface area contributed by atoms with Crippen LogP contribution in [0, 0.1) is 29.1 Å². The Balaban J connectivity index is 1.33. The number of benzene rings is 3. The van der Waals surface area contributed by atoms with Crippen LogP contribution in [0.1, 0.15) is 0 Å². The number of piperazine rings is 1. The zero-order chi connectivity index (χ0) is 27.4. The molecule has 4 rings (SSSR count). The molecule has 0 radical (unpaired) electrons. The number of ether oxygens (including phenoxy) is 1. The summed E-state index contributed by atoms with van der Waals surface area (Å²) in [6.45, 7) is 0.179. The first-order chi connectivity index (χ1) is 18.2. The molecule has 200 valence electrons. The van der Waals surface area contributed by atoms with Crippen molar-refractivity contribution < 1.29 is 31.5 Å². The van der Waals surface area contributed by atoms with Crippen molar-refractivity contribution >= 4 is 51.9 Å². The number of anilines is 3. The highest BCUT2D eigenvalue weighted by molar-refractivity contribution is 7.80. The maximum absolute atomic E-state index is 14.2. The van der Waals surface area contributed by atoms with Gasteiger partial charge in [-0.15, -0.1) is 0 Å². The van der Waals surface area contributed by atoms with Crippen LogP contribution >= 0.6 is 23.8 Å². The number of carbonyl (C=O) groups excluding carboxylic acids is 1. The molecule has 0 saturated carbocycles. The molecule has 6 nitrogen and oxygen atoms in total. The molecule has 1 saturated heterocycles. The fraction of sp³-hybridized carbons (Fsp3) is 0.200. The summed E-state index contributed by atoms with van der Waals surface area (Å²) in [4.78, 5) is 15.0. The minimum Gasteiger partial charge on any atom is -0.484 e. The quantitative estimate of drug-likeness (QED) is 0.183. The van der Waals surface area contributed by atoms with E-state index in [1.807, 2.05) is 11.0 Å². The molecule has 0 spiro atoms. The highest BCUT2D eigenvalue weighted by Crippen LogP contribution is 2.33. The van der Waals surface area contributed by atoms with Crippen LogP contribution in [0.15, 0.2) is 48.5 Å². The first-order valence-electron chi connectivity index (χ1n) is 11.2. The van der Waals surface area contributed by atoms with Crippen LogP contribution in [0.25, 0.3) is 0 Å². The largest absolute Gasteiger partial charge is 0.484 e. The van der Waals surface area contributed by atoms with Crippen molar-refractivity contribution in [3.05, 3.63) is 82.6 Å². The number of nitrogens with one attached hydrogen (secondary N) is 2. The van der Waals surface area contributed by atoms with Gasteiger partial charge in [-0.2, -0.15) is 0 Å². The number of hydrogen-bond donors (Lipinski definition) is 2. The summed E-state index contributed by atoms with van der Waals surface area (Å²) >= 11 is 11.6. The van der Waals surface area contributed by atoms with Crippen LogP contribution in [0.3, 0.4) is 0 Å². The van der Waals surface area contributed by atoms with Gasteiger partial charge in [-0.3, -0.25) is 10.1 Å². The van der Waals surface area contributed by atoms with Gasteiger partial charge < -0.3 is 19.9 Å². The van der Waals surface area contributed by atoms with Gasteiger partial charge in [0.25, 0.3) is 5.91 Å². The molecule has 0 aromatic heterocycles. The Hall–Kier alpha value is -3.64. The van der Waals surface area contributed by atoms with Crippen LogP contribution in [0.2, 0.25) is 5.02 Å². The number of thiocarbonyl (C=S) groups is 1. The lowest BCUT2D eigenvalue weighted by Gasteiger charge is -2.38. The van der Waals surface area contributed by atoms with Crippen molar-refractivity contribution in [3.63, 3.8) is 0 Å². The summed E-state index contributed by atoms with van der Waals surface area (Å²) in [7, 11) is 0. The fourth-order valence-electron chi connectivity index (χ4n) is 3.87. The van der Waals surface area contributed by atoms with Crippen molar-refractivity contribution in [1.82, 2.24) is 5.32 Å². The molecule has 38 heavy (non-hydrogen) atoms. The highest BCUT2D eigenvalue weighted by atomic mass is 35.5. The standard InChI is InChI=1S/C25H20ClF5N4O2S/c26-16-12-14(32-25(38)33-18(36)13-37-15-4-2-1-3-5-15)6-7-17(16)34-8-10-35(11-9-34)24-22(30)20(28)19(27)21(29)23(24)31/h1-7,12H,8-11,13H2,(H2,32,33,36,38). The van der Waals surface area contributed by atoms with E-state index < -0.39 is 40.7 Å². The average molecular weight is 571 g/mol. The molecule has 1 aliphatic rings. The van der Waals surface area contributed by atoms with Gasteiger partial charge in [0.15, 0.2) is 35.0 Å². The second-order valence-corrected chi connectivity index (χ2v) is 8.98. The van der Waals surface area contributed by atoms with Crippen molar-refractivity contribution in [3.8, 4) is 5.75 Å². The van der Waals surface area contributed by atoms with Crippen molar-refractivity contribution in [2.24, 2.45) is 0 Å². The second-order valence-electron chi connectivity index (χ2n) is 8.16. The molecule has 2 N–H and O–H groups in total. The van der Waals surface area contributed by atoms with Crippen LogP contribution in [0.5, 0.6) is 5.75 Å². The number of carbonyl (C=O) groups is 1. The molecule has 0 bridgehead atoms. The maximum Gasteiger partial charge on any atom is 0.264 e. The molecule has 3 aromatic rings. The predicted molar refractivity (Wildman–Crippen MR) is 138 cm³/mol.